The summed E-state index contributed by atoms with van der Waals surface area (Å²) in [7, 11) is 47.2. The Balaban J connectivity index is 1.14. The highest BCUT2D eigenvalue weighted by atomic mass is 32.1. The molecule has 0 saturated carbocycles. The van der Waals surface area contributed by atoms with Crippen LogP contribution < -0.4 is 109 Å². The van der Waals surface area contributed by atoms with Gasteiger partial charge in [0.1, 0.15) is 163 Å². The maximum Gasteiger partial charge on any atom is 0.159 e. The van der Waals surface area contributed by atoms with E-state index in [1.165, 1.54) is 213 Å². The Bertz CT molecular complexity index is 4760. The van der Waals surface area contributed by atoms with Crippen molar-refractivity contribution in [3.8, 4) is 33.8 Å². The average Bonchev–Trinajstić information content (AvgIpc) is 4.19. The van der Waals surface area contributed by atoms with Crippen molar-refractivity contribution in [2.45, 2.75) is 38.5 Å². The highest BCUT2D eigenvalue weighted by Crippen LogP contribution is 2.49. The maximum atomic E-state index is 5.42. The van der Waals surface area contributed by atoms with Crippen LogP contribution in [0.5, 0.6) is 0 Å². The second-order valence-corrected chi connectivity index (χ2v) is 26.5. The number of aromatic nitrogens is 4. The molecule has 77 heavy (non-hydrogen) atoms. The molecule has 0 fully saturated rings. The van der Waals surface area contributed by atoms with Gasteiger partial charge in [0.15, 0.2) is 5.82 Å². The summed E-state index contributed by atoms with van der Waals surface area (Å²) in [4.78, 5) is 10.7. The molecule has 7 aromatic carbocycles. The zero-order chi connectivity index (χ0) is 55.4. The van der Waals surface area contributed by atoms with Crippen molar-refractivity contribution in [1.29, 1.82) is 0 Å². The molecular formula is C52H56B20N4S. The summed E-state index contributed by atoms with van der Waals surface area (Å²) in [6, 6.07) is 7.23. The van der Waals surface area contributed by atoms with E-state index in [2.05, 4.69) is 212 Å². The van der Waals surface area contributed by atoms with Gasteiger partial charge in [0.05, 0.1) is 10.2 Å². The predicted octanol–water partition coefficient (Wildman–Crippen LogP) is -21.2. The minimum atomic E-state index is -0.194. The van der Waals surface area contributed by atoms with E-state index in [0.29, 0.717) is 0 Å². The Labute approximate surface area is 476 Å². The molecule has 2 aliphatic rings. The Kier molecular flexibility index (Phi) is 10.8. The first-order valence-corrected chi connectivity index (χ1v) is 29.0. The van der Waals surface area contributed by atoms with Gasteiger partial charge in [0, 0.05) is 59.4 Å². The van der Waals surface area contributed by atoms with Crippen LogP contribution in [0.2, 0.25) is 0 Å². The Morgan fingerprint density at radius 1 is 0.364 bits per heavy atom. The van der Waals surface area contributed by atoms with Gasteiger partial charge in [0.2, 0.25) is 0 Å². The van der Waals surface area contributed by atoms with Gasteiger partial charge in [-0.25, -0.2) is 9.97 Å². The summed E-state index contributed by atoms with van der Waals surface area (Å²) in [6.07, 6.45) is 1.84. The lowest BCUT2D eigenvalue weighted by atomic mass is 9.61. The van der Waals surface area contributed by atoms with Gasteiger partial charge in [-0.05, 0) is 73.5 Å². The van der Waals surface area contributed by atoms with Crippen LogP contribution in [0, 0.1) is 0 Å². The highest BCUT2D eigenvalue weighted by molar-refractivity contribution is 7.26. The number of hydrogen-bond donors (Lipinski definition) is 0. The summed E-state index contributed by atoms with van der Waals surface area (Å²) in [5, 5.41) is 6.65. The Hall–Kier alpha value is -5.26. The lowest BCUT2D eigenvalue weighted by molar-refractivity contribution is 0.669. The van der Waals surface area contributed by atoms with Gasteiger partial charge < -0.3 is 4.57 Å². The van der Waals surface area contributed by atoms with Crippen LogP contribution >= 0.6 is 11.3 Å². The summed E-state index contributed by atoms with van der Waals surface area (Å²) in [5.41, 5.74) is 46.4. The lowest BCUT2D eigenvalue weighted by Gasteiger charge is -2.28. The molecule has 25 heteroatoms. The molecule has 13 rings (SSSR count). The molecular weight excluding hydrogens is 929 g/mol. The quantitative estimate of drug-likeness (QED) is 0.162. The van der Waals surface area contributed by atoms with Crippen LogP contribution in [-0.2, 0) is 10.8 Å². The molecule has 4 heterocycles. The van der Waals surface area contributed by atoms with Crippen LogP contribution in [0.4, 0.5) is 0 Å². The first kappa shape index (κ1) is 51.2. The number of rotatable bonds is 2. The van der Waals surface area contributed by atoms with Crippen LogP contribution in [0.3, 0.4) is 0 Å². The van der Waals surface area contributed by atoms with E-state index in [0.717, 1.165) is 16.0 Å². The summed E-state index contributed by atoms with van der Waals surface area (Å²) < 4.78 is 7.58. The number of thiophene rings is 1. The van der Waals surface area contributed by atoms with Gasteiger partial charge in [0.25, 0.3) is 0 Å². The first-order chi connectivity index (χ1) is 36.1. The van der Waals surface area contributed by atoms with Crippen molar-refractivity contribution in [3.63, 3.8) is 0 Å². The molecule has 0 atom stereocenters. The fourth-order valence-electron chi connectivity index (χ4n) is 16.7. The third kappa shape index (κ3) is 5.91. The third-order valence-corrected chi connectivity index (χ3v) is 22.9. The van der Waals surface area contributed by atoms with E-state index in [1.54, 1.807) is 0 Å². The van der Waals surface area contributed by atoms with Crippen molar-refractivity contribution < 1.29 is 0 Å². The van der Waals surface area contributed by atoms with Crippen molar-refractivity contribution in [2.24, 2.45) is 0 Å². The monoisotopic (exact) mass is 989 g/mol. The van der Waals surface area contributed by atoms with Crippen molar-refractivity contribution in [2.75, 3.05) is 0 Å². The van der Waals surface area contributed by atoms with E-state index in [-0.39, 0.29) is 10.8 Å². The van der Waals surface area contributed by atoms with Gasteiger partial charge in [-0.3, -0.25) is 4.57 Å². The van der Waals surface area contributed by atoms with Crippen molar-refractivity contribution >= 4 is 341 Å². The zero-order valence-corrected chi connectivity index (χ0v) is 51.3. The zero-order valence-electron chi connectivity index (χ0n) is 50.5. The fourth-order valence-corrected chi connectivity index (χ4v) is 17.8. The second-order valence-electron chi connectivity index (χ2n) is 25.5. The minimum absolute atomic E-state index is 0.174. The normalized spacial score (nSPS) is 14.2. The fraction of sp³-hybridized carbons (Fsp3) is 0.115. The van der Waals surface area contributed by atoms with Gasteiger partial charge in [-0.2, -0.15) is 0 Å². The topological polar surface area (TPSA) is 35.6 Å². The van der Waals surface area contributed by atoms with Crippen molar-refractivity contribution in [1.82, 2.24) is 19.1 Å². The standard InChI is InChI=1S/C52H56B20N4S/c1-51(2)20-14(26(55)34(63)38(67)30(20)59)12-22(51)32(61)45-16(24(12)53)18-28(57)36(65)40(69)42(71)47(18)75(45)9-5-6-11-10(7-9)44-49(77-11)50(74-8-73-44)76-46-17(19-29(58)37(66)41(70)43(72)48(19)76)25(54)13-15-21(52(3,4)23(13)33(46)62)31(60)39(68)35(64)27(15)56/h5-8H,53-72H2,1-4H3. The number of benzene rings is 7. The molecule has 0 unspecified atom stereocenters. The largest absolute Gasteiger partial charge is 0.310 e. The number of hydrogen-bond acceptors (Lipinski definition) is 3. The van der Waals surface area contributed by atoms with Gasteiger partial charge >= 0.3 is 0 Å². The molecule has 2 aliphatic carbocycles. The number of fused-ring (bicyclic) bond motifs is 15. The molecule has 0 radical (unpaired) electrons. The molecule has 0 saturated heterocycles. The molecule has 0 spiro atoms. The lowest BCUT2D eigenvalue weighted by Crippen LogP contribution is -2.51. The molecule has 4 aromatic heterocycles. The van der Waals surface area contributed by atoms with E-state index in [4.69, 9.17) is 9.97 Å². The van der Waals surface area contributed by atoms with Crippen LogP contribution in [-0.4, -0.2) is 176 Å². The van der Waals surface area contributed by atoms with Crippen LogP contribution in [0.15, 0.2) is 24.5 Å². The Morgan fingerprint density at radius 3 is 1.18 bits per heavy atom. The SMILES string of the molecule is Bc1c(B)c(B)c2c(c1B)-c1c(c(B)c3c(c1B)c1c(B)c(B)c(B)c(B)c1n3-c1ccc3sc4c(-n5c6c(B)c(B)c(B)c(B)c6c6c(B)c7c(c(B)c65)C(C)(C)c5c(B)c(B)c(B)c(B)c5-7)ncnc4c3c1)C2(C)C. The van der Waals surface area contributed by atoms with E-state index in [9.17, 15) is 0 Å². The summed E-state index contributed by atoms with van der Waals surface area (Å²) in [6.45, 7) is 9.92. The van der Waals surface area contributed by atoms with Crippen molar-refractivity contribution in [3.05, 3.63) is 46.8 Å². The minimum Gasteiger partial charge on any atom is -0.310 e. The van der Waals surface area contributed by atoms with Crippen LogP contribution in [0.25, 0.3) is 97.7 Å². The molecule has 0 N–H and O–H groups in total. The molecule has 350 valence electrons. The second kappa shape index (κ2) is 16.2. The first-order valence-electron chi connectivity index (χ1n) is 28.2. The molecule has 4 nitrogen and oxygen atoms in total. The average molecular weight is 985 g/mol. The third-order valence-electron chi connectivity index (χ3n) is 21.7. The number of nitrogens with zero attached hydrogens (tertiary/aromatic N) is 4. The smallest absolute Gasteiger partial charge is 0.159 e. The molecule has 0 bridgehead atoms. The summed E-state index contributed by atoms with van der Waals surface area (Å²) >= 11 is 1.84. The van der Waals surface area contributed by atoms with E-state index < -0.39 is 0 Å². The predicted molar refractivity (Wildman–Crippen MR) is 402 cm³/mol. The summed E-state index contributed by atoms with van der Waals surface area (Å²) in [5.74, 6) is 0.965. The van der Waals surface area contributed by atoms with E-state index in [1.807, 2.05) is 17.7 Å². The molecule has 0 aliphatic heterocycles. The molecule has 0 amide bonds. The van der Waals surface area contributed by atoms with Gasteiger partial charge in [-0.1, -0.05) is 104 Å². The van der Waals surface area contributed by atoms with Gasteiger partial charge in [-0.15, -0.1) is 44.1 Å². The van der Waals surface area contributed by atoms with Crippen LogP contribution in [0.1, 0.15) is 49.9 Å². The molecule has 11 aromatic rings. The maximum absolute atomic E-state index is 5.42. The Morgan fingerprint density at radius 2 is 0.714 bits per heavy atom. The van der Waals surface area contributed by atoms with E-state index >= 15 is 0 Å². The highest BCUT2D eigenvalue weighted by Gasteiger charge is 2.44.